The first-order chi connectivity index (χ1) is 8.49. The number of nitrogens with zero attached hydrogens (tertiary/aromatic N) is 2. The molecule has 0 unspecified atom stereocenters. The lowest BCUT2D eigenvalue weighted by atomic mass is 10.1. The van der Waals surface area contributed by atoms with Gasteiger partial charge in [0.15, 0.2) is 5.96 Å². The molecule has 0 amide bonds. The summed E-state index contributed by atoms with van der Waals surface area (Å²) in [5.41, 5.74) is -0.184. The van der Waals surface area contributed by atoms with Gasteiger partial charge in [-0.25, -0.2) is 0 Å². The molecule has 0 aliphatic heterocycles. The van der Waals surface area contributed by atoms with Gasteiger partial charge >= 0.3 is 0 Å². The molecule has 0 atom stereocenters. The van der Waals surface area contributed by atoms with Gasteiger partial charge < -0.3 is 20.3 Å². The molecule has 5 nitrogen and oxygen atoms in total. The first kappa shape index (κ1) is 17.2. The van der Waals surface area contributed by atoms with Gasteiger partial charge in [0.25, 0.3) is 0 Å². The Kier molecular flexibility index (Phi) is 8.75. The van der Waals surface area contributed by atoms with Crippen molar-refractivity contribution < 1.29 is 4.74 Å². The molecule has 108 valence electrons. The maximum atomic E-state index is 5.36. The van der Waals surface area contributed by atoms with Crippen LogP contribution in [-0.4, -0.2) is 63.3 Å². The van der Waals surface area contributed by atoms with Crippen LogP contribution in [0.5, 0.6) is 0 Å². The van der Waals surface area contributed by atoms with Gasteiger partial charge in [-0.2, -0.15) is 0 Å². The van der Waals surface area contributed by atoms with Crippen molar-refractivity contribution in [2.45, 2.75) is 33.3 Å². The predicted octanol–water partition coefficient (Wildman–Crippen LogP) is 0.918. The van der Waals surface area contributed by atoms with Crippen molar-refractivity contribution in [3.63, 3.8) is 0 Å². The van der Waals surface area contributed by atoms with Gasteiger partial charge in [-0.15, -0.1) is 0 Å². The average molecular weight is 258 g/mol. The highest BCUT2D eigenvalue weighted by molar-refractivity contribution is 5.79. The second-order valence-corrected chi connectivity index (χ2v) is 4.84. The summed E-state index contributed by atoms with van der Waals surface area (Å²) in [6.07, 6.45) is 0. The lowest BCUT2D eigenvalue weighted by molar-refractivity contribution is 0.0268. The van der Waals surface area contributed by atoms with Crippen LogP contribution in [0.1, 0.15) is 27.7 Å². The van der Waals surface area contributed by atoms with E-state index in [9.17, 15) is 0 Å². The van der Waals surface area contributed by atoms with Gasteiger partial charge in [0.1, 0.15) is 0 Å². The van der Waals surface area contributed by atoms with Crippen LogP contribution in [0.3, 0.4) is 0 Å². The quantitative estimate of drug-likeness (QED) is 0.502. The highest BCUT2D eigenvalue weighted by atomic mass is 16.5. The van der Waals surface area contributed by atoms with Crippen molar-refractivity contribution in [1.82, 2.24) is 15.5 Å². The van der Waals surface area contributed by atoms with Gasteiger partial charge in [-0.1, -0.05) is 13.8 Å². The summed E-state index contributed by atoms with van der Waals surface area (Å²) in [6, 6.07) is 0. The minimum Gasteiger partial charge on any atom is -0.377 e. The van der Waals surface area contributed by atoms with Crippen LogP contribution in [-0.2, 0) is 4.74 Å². The van der Waals surface area contributed by atoms with Gasteiger partial charge in [0.05, 0.1) is 5.60 Å². The molecule has 0 radical (unpaired) electrons. The number of aliphatic imine (C=N–C) groups is 1. The van der Waals surface area contributed by atoms with E-state index in [1.54, 1.807) is 14.2 Å². The Labute approximate surface area is 112 Å². The van der Waals surface area contributed by atoms with E-state index in [1.807, 2.05) is 13.8 Å². The van der Waals surface area contributed by atoms with Crippen molar-refractivity contribution in [1.29, 1.82) is 0 Å². The standard InChI is InChI=1S/C13H30N4O/c1-7-17(8-2)10-9-15-12(14-5)16-11-13(3,4)18-6/h7-11H2,1-6H3,(H2,14,15,16). The maximum Gasteiger partial charge on any atom is 0.191 e. The summed E-state index contributed by atoms with van der Waals surface area (Å²) in [4.78, 5) is 6.57. The molecule has 0 fully saturated rings. The topological polar surface area (TPSA) is 48.9 Å². The van der Waals surface area contributed by atoms with Crippen LogP contribution in [0, 0.1) is 0 Å². The van der Waals surface area contributed by atoms with Crippen LogP contribution in [0.2, 0.25) is 0 Å². The smallest absolute Gasteiger partial charge is 0.191 e. The lowest BCUT2D eigenvalue weighted by Crippen LogP contribution is -2.46. The number of rotatable bonds is 8. The third-order valence-corrected chi connectivity index (χ3v) is 3.07. The average Bonchev–Trinajstić information content (AvgIpc) is 2.38. The van der Waals surface area contributed by atoms with E-state index >= 15 is 0 Å². The maximum absolute atomic E-state index is 5.36. The molecule has 0 aromatic heterocycles. The van der Waals surface area contributed by atoms with E-state index in [1.165, 1.54) is 0 Å². The summed E-state index contributed by atoms with van der Waals surface area (Å²) in [5.74, 6) is 0.826. The molecule has 5 heteroatoms. The fourth-order valence-corrected chi connectivity index (χ4v) is 1.46. The summed E-state index contributed by atoms with van der Waals surface area (Å²) >= 11 is 0. The molecule has 0 aliphatic carbocycles. The van der Waals surface area contributed by atoms with Crippen LogP contribution in [0.15, 0.2) is 4.99 Å². The number of methoxy groups -OCH3 is 1. The summed E-state index contributed by atoms with van der Waals surface area (Å²) in [7, 11) is 3.50. The largest absolute Gasteiger partial charge is 0.377 e. The Morgan fingerprint density at radius 1 is 1.22 bits per heavy atom. The van der Waals surface area contributed by atoms with Gasteiger partial charge in [-0.05, 0) is 26.9 Å². The molecule has 0 bridgehead atoms. The molecule has 0 spiro atoms. The molecular formula is C13H30N4O. The van der Waals surface area contributed by atoms with Crippen molar-refractivity contribution >= 4 is 5.96 Å². The molecule has 0 rings (SSSR count). The van der Waals surface area contributed by atoms with Gasteiger partial charge in [0.2, 0.25) is 0 Å². The molecule has 0 aliphatic rings. The highest BCUT2D eigenvalue weighted by Gasteiger charge is 2.16. The zero-order valence-electron chi connectivity index (χ0n) is 12.8. The molecular weight excluding hydrogens is 228 g/mol. The highest BCUT2D eigenvalue weighted by Crippen LogP contribution is 2.04. The minimum atomic E-state index is -0.184. The predicted molar refractivity (Wildman–Crippen MR) is 78.2 cm³/mol. The van der Waals surface area contributed by atoms with Crippen molar-refractivity contribution in [3.8, 4) is 0 Å². The number of ether oxygens (including phenoxy) is 1. The first-order valence-corrected chi connectivity index (χ1v) is 6.71. The van der Waals surface area contributed by atoms with Crippen molar-refractivity contribution in [2.75, 3.05) is 46.9 Å². The third kappa shape index (κ3) is 7.50. The summed E-state index contributed by atoms with van der Waals surface area (Å²) in [6.45, 7) is 13.3. The van der Waals surface area contributed by atoms with Crippen LogP contribution < -0.4 is 10.6 Å². The Hall–Kier alpha value is -0.810. The second kappa shape index (κ2) is 9.16. The number of hydrogen-bond acceptors (Lipinski definition) is 3. The van der Waals surface area contributed by atoms with Gasteiger partial charge in [0, 0.05) is 33.8 Å². The van der Waals surface area contributed by atoms with Crippen molar-refractivity contribution in [2.24, 2.45) is 4.99 Å². The molecule has 18 heavy (non-hydrogen) atoms. The van der Waals surface area contributed by atoms with E-state index in [0.29, 0.717) is 0 Å². The molecule has 0 saturated carbocycles. The molecule has 0 saturated heterocycles. The van der Waals surface area contributed by atoms with Crippen LogP contribution in [0.25, 0.3) is 0 Å². The Bertz CT molecular complexity index is 237. The fraction of sp³-hybridized carbons (Fsp3) is 0.923. The first-order valence-electron chi connectivity index (χ1n) is 6.71. The van der Waals surface area contributed by atoms with Crippen LogP contribution >= 0.6 is 0 Å². The molecule has 0 heterocycles. The molecule has 2 N–H and O–H groups in total. The van der Waals surface area contributed by atoms with Crippen molar-refractivity contribution in [3.05, 3.63) is 0 Å². The normalized spacial score (nSPS) is 12.9. The lowest BCUT2D eigenvalue weighted by Gasteiger charge is -2.25. The second-order valence-electron chi connectivity index (χ2n) is 4.84. The number of hydrogen-bond donors (Lipinski definition) is 2. The van der Waals surface area contributed by atoms with E-state index in [4.69, 9.17) is 4.74 Å². The number of nitrogens with one attached hydrogen (secondary N) is 2. The third-order valence-electron chi connectivity index (χ3n) is 3.07. The van der Waals surface area contributed by atoms with E-state index in [2.05, 4.69) is 34.4 Å². The zero-order valence-corrected chi connectivity index (χ0v) is 12.8. The number of guanidine groups is 1. The van der Waals surface area contributed by atoms with Gasteiger partial charge in [-0.3, -0.25) is 4.99 Å². The summed E-state index contributed by atoms with van der Waals surface area (Å²) < 4.78 is 5.36. The van der Waals surface area contributed by atoms with E-state index < -0.39 is 0 Å². The molecule has 0 aromatic rings. The Morgan fingerprint density at radius 2 is 1.83 bits per heavy atom. The zero-order chi connectivity index (χ0) is 14.0. The minimum absolute atomic E-state index is 0.184. The SMILES string of the molecule is CCN(CC)CCNC(=NC)NCC(C)(C)OC. The number of likely N-dealkylation sites (N-methyl/N-ethyl adjacent to an activating group) is 1. The van der Waals surface area contributed by atoms with E-state index in [0.717, 1.165) is 38.7 Å². The van der Waals surface area contributed by atoms with Crippen LogP contribution in [0.4, 0.5) is 0 Å². The summed E-state index contributed by atoms with van der Waals surface area (Å²) in [5, 5.41) is 6.57. The Morgan fingerprint density at radius 3 is 2.28 bits per heavy atom. The van der Waals surface area contributed by atoms with E-state index in [-0.39, 0.29) is 5.60 Å². The molecule has 0 aromatic carbocycles. The monoisotopic (exact) mass is 258 g/mol. The Balaban J connectivity index is 3.92. The fourth-order valence-electron chi connectivity index (χ4n) is 1.46.